The number of piperidine rings is 1. The Kier molecular flexibility index (Phi) is 4.94. The van der Waals surface area contributed by atoms with Crippen LogP contribution in [0.5, 0.6) is 0 Å². The molecule has 0 radical (unpaired) electrons. The maximum Gasteiger partial charge on any atom is 0.248 e. The summed E-state index contributed by atoms with van der Waals surface area (Å²) in [6.45, 7) is 3.33. The van der Waals surface area contributed by atoms with Crippen LogP contribution in [0.15, 0.2) is 0 Å². The van der Waals surface area contributed by atoms with E-state index in [1.54, 1.807) is 7.11 Å². The second-order valence-electron chi connectivity index (χ2n) is 3.96. The summed E-state index contributed by atoms with van der Waals surface area (Å²) < 4.78 is 4.89. The van der Waals surface area contributed by atoms with Gasteiger partial charge in [-0.05, 0) is 25.7 Å². The van der Waals surface area contributed by atoms with Crippen LogP contribution >= 0.6 is 0 Å². The van der Waals surface area contributed by atoms with Gasteiger partial charge in [-0.1, -0.05) is 13.3 Å². The summed E-state index contributed by atoms with van der Waals surface area (Å²) in [5.41, 5.74) is 0. The topological polar surface area (TPSA) is 29.5 Å². The first kappa shape index (κ1) is 11.5. The summed E-state index contributed by atoms with van der Waals surface area (Å²) in [5, 5.41) is 0. The second-order valence-corrected chi connectivity index (χ2v) is 3.96. The van der Waals surface area contributed by atoms with E-state index in [-0.39, 0.29) is 12.5 Å². The highest BCUT2D eigenvalue weighted by Gasteiger charge is 2.25. The number of carbonyl (C=O) groups excluding carboxylic acids is 1. The molecule has 1 rings (SSSR count). The lowest BCUT2D eigenvalue weighted by Gasteiger charge is -2.35. The zero-order valence-corrected chi connectivity index (χ0v) is 9.29. The number of nitrogens with zero attached hydrogens (tertiary/aromatic N) is 1. The van der Waals surface area contributed by atoms with Gasteiger partial charge in [0.05, 0.1) is 0 Å². The summed E-state index contributed by atoms with van der Waals surface area (Å²) in [6, 6.07) is 0.469. The molecule has 1 saturated heterocycles. The van der Waals surface area contributed by atoms with E-state index >= 15 is 0 Å². The third-order valence-corrected chi connectivity index (χ3v) is 2.84. The number of hydrogen-bond donors (Lipinski definition) is 0. The third kappa shape index (κ3) is 2.98. The van der Waals surface area contributed by atoms with E-state index < -0.39 is 0 Å². The van der Waals surface area contributed by atoms with E-state index in [1.165, 1.54) is 12.8 Å². The average Bonchev–Trinajstić information content (AvgIpc) is 2.19. The molecule has 0 bridgehead atoms. The van der Waals surface area contributed by atoms with Crippen molar-refractivity contribution in [3.05, 3.63) is 0 Å². The fourth-order valence-corrected chi connectivity index (χ4v) is 2.17. The monoisotopic (exact) mass is 199 g/mol. The van der Waals surface area contributed by atoms with Gasteiger partial charge in [-0.15, -0.1) is 0 Å². The van der Waals surface area contributed by atoms with Crippen molar-refractivity contribution in [3.8, 4) is 0 Å². The van der Waals surface area contributed by atoms with Gasteiger partial charge < -0.3 is 9.64 Å². The molecule has 1 aliphatic heterocycles. The average molecular weight is 199 g/mol. The van der Waals surface area contributed by atoms with Gasteiger partial charge in [-0.3, -0.25) is 4.79 Å². The highest BCUT2D eigenvalue weighted by atomic mass is 16.5. The molecule has 0 N–H and O–H groups in total. The molecule has 0 aromatic heterocycles. The SMILES string of the molecule is CCCC1CCCCN1C(=O)COC. The quantitative estimate of drug-likeness (QED) is 0.691. The van der Waals surface area contributed by atoms with Crippen LogP contribution in [0.2, 0.25) is 0 Å². The van der Waals surface area contributed by atoms with Crippen LogP contribution in [0.25, 0.3) is 0 Å². The van der Waals surface area contributed by atoms with E-state index in [0.29, 0.717) is 6.04 Å². The maximum absolute atomic E-state index is 11.7. The lowest BCUT2D eigenvalue weighted by Crippen LogP contribution is -2.45. The third-order valence-electron chi connectivity index (χ3n) is 2.84. The molecule has 3 nitrogen and oxygen atoms in total. The molecule has 0 saturated carbocycles. The maximum atomic E-state index is 11.7. The zero-order chi connectivity index (χ0) is 10.4. The van der Waals surface area contributed by atoms with Gasteiger partial charge in [0, 0.05) is 19.7 Å². The van der Waals surface area contributed by atoms with E-state index in [9.17, 15) is 4.79 Å². The van der Waals surface area contributed by atoms with Gasteiger partial charge in [0.25, 0.3) is 0 Å². The largest absolute Gasteiger partial charge is 0.375 e. The minimum Gasteiger partial charge on any atom is -0.375 e. The van der Waals surface area contributed by atoms with Crippen molar-refractivity contribution in [1.82, 2.24) is 4.90 Å². The highest BCUT2D eigenvalue weighted by molar-refractivity contribution is 5.77. The smallest absolute Gasteiger partial charge is 0.248 e. The Morgan fingerprint density at radius 1 is 1.50 bits per heavy atom. The molecule has 0 aliphatic carbocycles. The fourth-order valence-electron chi connectivity index (χ4n) is 2.17. The Morgan fingerprint density at radius 3 is 2.93 bits per heavy atom. The number of methoxy groups -OCH3 is 1. The summed E-state index contributed by atoms with van der Waals surface area (Å²) >= 11 is 0. The van der Waals surface area contributed by atoms with Gasteiger partial charge in [-0.25, -0.2) is 0 Å². The molecular formula is C11H21NO2. The van der Waals surface area contributed by atoms with Crippen LogP contribution in [0.4, 0.5) is 0 Å². The molecule has 0 aromatic rings. The van der Waals surface area contributed by atoms with Crippen LogP contribution in [0.1, 0.15) is 39.0 Å². The Morgan fingerprint density at radius 2 is 2.29 bits per heavy atom. The van der Waals surface area contributed by atoms with Gasteiger partial charge in [0.15, 0.2) is 0 Å². The molecule has 1 heterocycles. The predicted molar refractivity (Wildman–Crippen MR) is 56.1 cm³/mol. The van der Waals surface area contributed by atoms with Crippen LogP contribution in [0.3, 0.4) is 0 Å². The van der Waals surface area contributed by atoms with Crippen molar-refractivity contribution in [2.45, 2.75) is 45.1 Å². The van der Waals surface area contributed by atoms with E-state index in [2.05, 4.69) is 6.92 Å². The second kappa shape index (κ2) is 6.02. The van der Waals surface area contributed by atoms with Gasteiger partial charge >= 0.3 is 0 Å². The molecule has 1 aliphatic rings. The first-order chi connectivity index (χ1) is 6.79. The standard InChI is InChI=1S/C11H21NO2/c1-3-6-10-7-4-5-8-12(10)11(13)9-14-2/h10H,3-9H2,1-2H3. The molecular weight excluding hydrogens is 178 g/mol. The number of amides is 1. The normalized spacial score (nSPS) is 22.4. The van der Waals surface area contributed by atoms with Crippen LogP contribution < -0.4 is 0 Å². The molecule has 0 aromatic carbocycles. The van der Waals surface area contributed by atoms with E-state index in [1.807, 2.05) is 4.90 Å². The molecule has 1 amide bonds. The predicted octanol–water partition coefficient (Wildman–Crippen LogP) is 1.81. The first-order valence-electron chi connectivity index (χ1n) is 5.58. The molecule has 0 spiro atoms. The Hall–Kier alpha value is -0.570. The van der Waals surface area contributed by atoms with Crippen LogP contribution in [0, 0.1) is 0 Å². The zero-order valence-electron chi connectivity index (χ0n) is 9.29. The summed E-state index contributed by atoms with van der Waals surface area (Å²) in [4.78, 5) is 13.7. The first-order valence-corrected chi connectivity index (χ1v) is 5.58. The fraction of sp³-hybridized carbons (Fsp3) is 0.909. The van der Waals surface area contributed by atoms with Gasteiger partial charge in [0.2, 0.25) is 5.91 Å². The molecule has 14 heavy (non-hydrogen) atoms. The van der Waals surface area contributed by atoms with Crippen molar-refractivity contribution in [1.29, 1.82) is 0 Å². The van der Waals surface area contributed by atoms with Crippen molar-refractivity contribution in [2.24, 2.45) is 0 Å². The number of rotatable bonds is 4. The Balaban J connectivity index is 2.48. The Labute approximate surface area is 86.4 Å². The lowest BCUT2D eigenvalue weighted by molar-refractivity contribution is -0.139. The van der Waals surface area contributed by atoms with E-state index in [0.717, 1.165) is 25.8 Å². The van der Waals surface area contributed by atoms with Crippen LogP contribution in [-0.2, 0) is 9.53 Å². The van der Waals surface area contributed by atoms with Crippen molar-refractivity contribution in [2.75, 3.05) is 20.3 Å². The summed E-state index contributed by atoms with van der Waals surface area (Å²) in [5.74, 6) is 0.158. The molecule has 82 valence electrons. The van der Waals surface area contributed by atoms with Gasteiger partial charge in [-0.2, -0.15) is 0 Å². The molecule has 1 unspecified atom stereocenters. The number of carbonyl (C=O) groups is 1. The summed E-state index contributed by atoms with van der Waals surface area (Å²) in [6.07, 6.45) is 5.87. The number of hydrogen-bond acceptors (Lipinski definition) is 2. The minimum absolute atomic E-state index is 0.158. The molecule has 3 heteroatoms. The number of ether oxygens (including phenoxy) is 1. The van der Waals surface area contributed by atoms with Crippen molar-refractivity contribution < 1.29 is 9.53 Å². The van der Waals surface area contributed by atoms with Gasteiger partial charge in [0.1, 0.15) is 6.61 Å². The molecule has 1 fully saturated rings. The number of likely N-dealkylation sites (tertiary alicyclic amines) is 1. The van der Waals surface area contributed by atoms with Crippen LogP contribution in [-0.4, -0.2) is 37.1 Å². The summed E-state index contributed by atoms with van der Waals surface area (Å²) in [7, 11) is 1.58. The minimum atomic E-state index is 0.158. The van der Waals surface area contributed by atoms with Crippen molar-refractivity contribution in [3.63, 3.8) is 0 Å². The Bertz CT molecular complexity index is 180. The lowest BCUT2D eigenvalue weighted by atomic mass is 9.98. The van der Waals surface area contributed by atoms with E-state index in [4.69, 9.17) is 4.74 Å². The molecule has 1 atom stereocenters. The van der Waals surface area contributed by atoms with Crippen molar-refractivity contribution >= 4 is 5.91 Å². The highest BCUT2D eigenvalue weighted by Crippen LogP contribution is 2.20.